The van der Waals surface area contributed by atoms with Crippen LogP contribution in [0.4, 0.5) is 0 Å². The van der Waals surface area contributed by atoms with Gasteiger partial charge in [-0.25, -0.2) is 4.98 Å². The van der Waals surface area contributed by atoms with Crippen LogP contribution in [-0.4, -0.2) is 18.6 Å². The van der Waals surface area contributed by atoms with Gasteiger partial charge in [0.2, 0.25) is 0 Å². The second-order valence-corrected chi connectivity index (χ2v) is 4.94. The summed E-state index contributed by atoms with van der Waals surface area (Å²) in [6.45, 7) is 6.28. The van der Waals surface area contributed by atoms with Crippen molar-refractivity contribution in [3.05, 3.63) is 16.1 Å². The molecule has 1 heterocycles. The van der Waals surface area contributed by atoms with Crippen molar-refractivity contribution in [1.82, 2.24) is 4.98 Å². The third-order valence-electron chi connectivity index (χ3n) is 1.67. The smallest absolute Gasteiger partial charge is 0.182 e. The third kappa shape index (κ3) is 2.40. The second kappa shape index (κ2) is 3.62. The SMILES string of the molecule is [B]CC(=O)c1ncc(C(C)(C)C)s1. The summed E-state index contributed by atoms with van der Waals surface area (Å²) in [5.74, 6) is -0.0829. The van der Waals surface area contributed by atoms with E-state index in [0.29, 0.717) is 5.01 Å². The van der Waals surface area contributed by atoms with E-state index in [0.717, 1.165) is 4.88 Å². The van der Waals surface area contributed by atoms with Crippen LogP contribution in [0.2, 0.25) is 6.32 Å². The quantitative estimate of drug-likeness (QED) is 0.532. The molecule has 0 atom stereocenters. The molecule has 0 saturated heterocycles. The second-order valence-electron chi connectivity index (χ2n) is 3.91. The number of Topliss-reactive ketones (excluding diaryl/α,β-unsaturated/α-hetero) is 1. The van der Waals surface area contributed by atoms with E-state index in [9.17, 15) is 4.79 Å². The van der Waals surface area contributed by atoms with Gasteiger partial charge in [-0.15, -0.1) is 11.3 Å². The number of ketones is 1. The lowest BCUT2D eigenvalue weighted by atomic mass is 9.96. The minimum Gasteiger partial charge on any atom is -0.292 e. The fraction of sp³-hybridized carbons (Fsp3) is 0.556. The molecule has 0 unspecified atom stereocenters. The average molecular weight is 193 g/mol. The van der Waals surface area contributed by atoms with Crippen LogP contribution in [0.3, 0.4) is 0 Å². The molecule has 0 aliphatic carbocycles. The molecule has 0 aliphatic rings. The van der Waals surface area contributed by atoms with E-state index in [4.69, 9.17) is 7.85 Å². The fourth-order valence-electron chi connectivity index (χ4n) is 0.837. The number of hydrogen-bond donors (Lipinski definition) is 0. The van der Waals surface area contributed by atoms with Crippen molar-refractivity contribution < 1.29 is 4.79 Å². The summed E-state index contributed by atoms with van der Waals surface area (Å²) in [5.41, 5.74) is 0.0603. The molecule has 0 N–H and O–H groups in total. The molecule has 2 radical (unpaired) electrons. The zero-order valence-corrected chi connectivity index (χ0v) is 8.94. The molecule has 1 aromatic heterocycles. The monoisotopic (exact) mass is 193 g/mol. The average Bonchev–Trinajstić information content (AvgIpc) is 2.50. The van der Waals surface area contributed by atoms with E-state index >= 15 is 0 Å². The van der Waals surface area contributed by atoms with Gasteiger partial charge in [0.15, 0.2) is 10.8 Å². The highest BCUT2D eigenvalue weighted by atomic mass is 32.1. The molecule has 0 aromatic carbocycles. The number of hydrogen-bond acceptors (Lipinski definition) is 3. The highest BCUT2D eigenvalue weighted by Gasteiger charge is 2.18. The van der Waals surface area contributed by atoms with Crippen molar-refractivity contribution in [2.75, 3.05) is 0 Å². The molecule has 0 aliphatic heterocycles. The van der Waals surface area contributed by atoms with Gasteiger partial charge in [0, 0.05) is 11.1 Å². The number of carbonyl (C=O) groups excluding carboxylic acids is 1. The molecule has 13 heavy (non-hydrogen) atoms. The lowest BCUT2D eigenvalue weighted by molar-refractivity contribution is 0.101. The Bertz CT molecular complexity index is 314. The van der Waals surface area contributed by atoms with Crippen LogP contribution >= 0.6 is 11.3 Å². The van der Waals surface area contributed by atoms with E-state index in [1.165, 1.54) is 11.3 Å². The summed E-state index contributed by atoms with van der Waals surface area (Å²) >= 11 is 1.43. The van der Waals surface area contributed by atoms with Gasteiger partial charge in [0.25, 0.3) is 0 Å². The summed E-state index contributed by atoms with van der Waals surface area (Å²) in [4.78, 5) is 16.3. The van der Waals surface area contributed by atoms with Gasteiger partial charge in [-0.2, -0.15) is 0 Å². The maximum absolute atomic E-state index is 11.2. The minimum absolute atomic E-state index is 0.0388. The largest absolute Gasteiger partial charge is 0.292 e. The van der Waals surface area contributed by atoms with Crippen molar-refractivity contribution in [3.63, 3.8) is 0 Å². The van der Waals surface area contributed by atoms with E-state index in [2.05, 4.69) is 25.8 Å². The van der Waals surface area contributed by atoms with Crippen molar-refractivity contribution >= 4 is 25.0 Å². The zero-order chi connectivity index (χ0) is 10.1. The summed E-state index contributed by atoms with van der Waals surface area (Å²) in [5, 5.41) is 0.521. The first-order valence-electron chi connectivity index (χ1n) is 4.14. The predicted molar refractivity (Wildman–Crippen MR) is 55.7 cm³/mol. The van der Waals surface area contributed by atoms with Crippen molar-refractivity contribution in [2.45, 2.75) is 32.5 Å². The van der Waals surface area contributed by atoms with Crippen LogP contribution in [0.15, 0.2) is 6.20 Å². The molecule has 0 spiro atoms. The topological polar surface area (TPSA) is 30.0 Å². The highest BCUT2D eigenvalue weighted by molar-refractivity contribution is 7.13. The van der Waals surface area contributed by atoms with Crippen LogP contribution in [-0.2, 0) is 5.41 Å². The van der Waals surface area contributed by atoms with Crippen LogP contribution in [0, 0.1) is 0 Å². The van der Waals surface area contributed by atoms with Gasteiger partial charge in [0.05, 0.1) is 7.85 Å². The van der Waals surface area contributed by atoms with Gasteiger partial charge in [-0.1, -0.05) is 20.8 Å². The molecule has 1 rings (SSSR count). The number of carbonyl (C=O) groups is 1. The Morgan fingerprint density at radius 3 is 2.62 bits per heavy atom. The third-order valence-corrected chi connectivity index (χ3v) is 3.13. The fourth-order valence-corrected chi connectivity index (χ4v) is 1.76. The Kier molecular flexibility index (Phi) is 2.91. The van der Waals surface area contributed by atoms with E-state index in [1.54, 1.807) is 6.20 Å². The van der Waals surface area contributed by atoms with E-state index < -0.39 is 0 Å². The number of aromatic nitrogens is 1. The number of nitrogens with zero attached hydrogens (tertiary/aromatic N) is 1. The number of thiazole rings is 1. The summed E-state index contributed by atoms with van der Waals surface area (Å²) in [6, 6.07) is 0. The molecule has 1 aromatic rings. The Balaban J connectivity index is 2.93. The molecule has 0 saturated carbocycles. The number of rotatable bonds is 2. The van der Waals surface area contributed by atoms with Crippen LogP contribution < -0.4 is 0 Å². The molecule has 68 valence electrons. The molecule has 4 heteroatoms. The molecule has 0 fully saturated rings. The maximum Gasteiger partial charge on any atom is 0.182 e. The van der Waals surface area contributed by atoms with Gasteiger partial charge in [0.1, 0.15) is 0 Å². The molecule has 0 amide bonds. The first-order chi connectivity index (χ1) is 5.95. The van der Waals surface area contributed by atoms with E-state index in [1.807, 2.05) is 0 Å². The minimum atomic E-state index is -0.0829. The van der Waals surface area contributed by atoms with Crippen molar-refractivity contribution in [2.24, 2.45) is 0 Å². The van der Waals surface area contributed by atoms with Crippen LogP contribution in [0.25, 0.3) is 0 Å². The Labute approximate surface area is 83.8 Å². The Morgan fingerprint density at radius 2 is 2.23 bits per heavy atom. The molecule has 2 nitrogen and oxygen atoms in total. The van der Waals surface area contributed by atoms with Crippen LogP contribution in [0.1, 0.15) is 35.5 Å². The van der Waals surface area contributed by atoms with Crippen LogP contribution in [0.5, 0.6) is 0 Å². The maximum atomic E-state index is 11.2. The lowest BCUT2D eigenvalue weighted by Crippen LogP contribution is -2.07. The van der Waals surface area contributed by atoms with Crippen molar-refractivity contribution in [1.29, 1.82) is 0 Å². The first-order valence-corrected chi connectivity index (χ1v) is 4.96. The van der Waals surface area contributed by atoms with Gasteiger partial charge in [-0.05, 0) is 11.7 Å². The van der Waals surface area contributed by atoms with Gasteiger partial charge in [-0.3, -0.25) is 4.79 Å². The standard InChI is InChI=1S/C9H12BNOS/c1-9(2,3)7-5-11-8(13-7)6(12)4-10/h5H,4H2,1-3H3. The predicted octanol–water partition coefficient (Wildman–Crippen LogP) is 2.21. The Morgan fingerprint density at radius 1 is 1.62 bits per heavy atom. The van der Waals surface area contributed by atoms with Crippen molar-refractivity contribution in [3.8, 4) is 0 Å². The summed E-state index contributed by atoms with van der Waals surface area (Å²) < 4.78 is 0. The van der Waals surface area contributed by atoms with Gasteiger partial charge >= 0.3 is 0 Å². The van der Waals surface area contributed by atoms with E-state index in [-0.39, 0.29) is 17.5 Å². The molecule has 0 bridgehead atoms. The molecular weight excluding hydrogens is 181 g/mol. The summed E-state index contributed by atoms with van der Waals surface area (Å²) in [6.07, 6.45) is 1.80. The van der Waals surface area contributed by atoms with Gasteiger partial charge < -0.3 is 0 Å². The lowest BCUT2D eigenvalue weighted by Gasteiger charge is -2.14. The normalized spacial score (nSPS) is 11.6. The zero-order valence-electron chi connectivity index (χ0n) is 8.13. The highest BCUT2D eigenvalue weighted by Crippen LogP contribution is 2.27. The molecular formula is C9H12BNOS. The Hall–Kier alpha value is -0.635. The first kappa shape index (κ1) is 10.4. The summed E-state index contributed by atoms with van der Waals surface area (Å²) in [7, 11) is 5.24.